The summed E-state index contributed by atoms with van der Waals surface area (Å²) in [5.41, 5.74) is 2.14. The average Bonchev–Trinajstić information content (AvgIpc) is 3.40. The van der Waals surface area contributed by atoms with Crippen molar-refractivity contribution in [2.24, 2.45) is 0 Å². The minimum Gasteiger partial charge on any atom is -0.497 e. The van der Waals surface area contributed by atoms with Gasteiger partial charge in [0, 0.05) is 18.2 Å². The van der Waals surface area contributed by atoms with Crippen molar-refractivity contribution in [3.8, 4) is 28.6 Å². The fourth-order valence-corrected chi connectivity index (χ4v) is 4.30. The molecule has 1 atom stereocenters. The molecule has 0 saturated carbocycles. The van der Waals surface area contributed by atoms with Crippen molar-refractivity contribution in [3.05, 3.63) is 59.8 Å². The molecule has 1 amide bonds. The van der Waals surface area contributed by atoms with Crippen LogP contribution in [0.25, 0.3) is 11.3 Å². The van der Waals surface area contributed by atoms with Crippen LogP contribution in [0.2, 0.25) is 0 Å². The third-order valence-electron chi connectivity index (χ3n) is 6.20. The zero-order valence-corrected chi connectivity index (χ0v) is 19.9. The number of ether oxygens (including phenoxy) is 3. The number of benzene rings is 2. The second kappa shape index (κ2) is 11.1. The van der Waals surface area contributed by atoms with E-state index < -0.39 is 0 Å². The highest BCUT2D eigenvalue weighted by Crippen LogP contribution is 2.33. The molecule has 8 heteroatoms. The van der Waals surface area contributed by atoms with Crippen LogP contribution in [0.1, 0.15) is 41.4 Å². The molecule has 2 heterocycles. The van der Waals surface area contributed by atoms with Crippen LogP contribution in [0.15, 0.2) is 53.1 Å². The van der Waals surface area contributed by atoms with Crippen LogP contribution >= 0.6 is 0 Å². The van der Waals surface area contributed by atoms with E-state index >= 15 is 0 Å². The summed E-state index contributed by atoms with van der Waals surface area (Å²) in [6.45, 7) is 2.42. The molecule has 2 aromatic carbocycles. The van der Waals surface area contributed by atoms with E-state index in [4.69, 9.17) is 18.7 Å². The molecule has 1 N–H and O–H groups in total. The molecule has 34 heavy (non-hydrogen) atoms. The monoisotopic (exact) mass is 465 g/mol. The number of hydrogen-bond acceptors (Lipinski definition) is 7. The Balaban J connectivity index is 1.49. The first-order chi connectivity index (χ1) is 16.6. The number of nitrogens with one attached hydrogen (secondary N) is 1. The van der Waals surface area contributed by atoms with Crippen molar-refractivity contribution >= 4 is 5.91 Å². The molecule has 8 nitrogen and oxygen atoms in total. The number of amides is 1. The Bertz CT molecular complexity index is 1090. The first kappa shape index (κ1) is 23.6. The summed E-state index contributed by atoms with van der Waals surface area (Å²) < 4.78 is 21.5. The standard InChI is InChI=1S/C26H31N3O5/c1-31-20-10-7-18(8-11-20)24-16-21(28-34-24)26(30)27-17-22(29-13-5-4-6-14-29)19-9-12-23(32-2)25(15-19)33-3/h7-12,15-16,22H,4-6,13-14,17H2,1-3H3,(H,27,30). The molecule has 180 valence electrons. The highest BCUT2D eigenvalue weighted by molar-refractivity contribution is 5.93. The summed E-state index contributed by atoms with van der Waals surface area (Å²) in [5, 5.41) is 7.03. The maximum atomic E-state index is 12.9. The average molecular weight is 466 g/mol. The Hall–Kier alpha value is -3.52. The Labute approximate surface area is 199 Å². The van der Waals surface area contributed by atoms with Gasteiger partial charge in [0.05, 0.1) is 27.4 Å². The van der Waals surface area contributed by atoms with Gasteiger partial charge in [-0.3, -0.25) is 9.69 Å². The lowest BCUT2D eigenvalue weighted by Gasteiger charge is -2.35. The number of nitrogens with zero attached hydrogens (tertiary/aromatic N) is 2. The number of methoxy groups -OCH3 is 3. The van der Waals surface area contributed by atoms with Crippen molar-refractivity contribution in [3.63, 3.8) is 0 Å². The summed E-state index contributed by atoms with van der Waals surface area (Å²) >= 11 is 0. The van der Waals surface area contributed by atoms with Gasteiger partial charge in [0.1, 0.15) is 5.75 Å². The van der Waals surface area contributed by atoms with Gasteiger partial charge in [-0.1, -0.05) is 17.6 Å². The van der Waals surface area contributed by atoms with E-state index in [0.29, 0.717) is 23.8 Å². The maximum absolute atomic E-state index is 12.9. The van der Waals surface area contributed by atoms with Gasteiger partial charge in [-0.15, -0.1) is 0 Å². The molecule has 0 bridgehead atoms. The molecule has 0 spiro atoms. The van der Waals surface area contributed by atoms with Crippen molar-refractivity contribution in [2.45, 2.75) is 25.3 Å². The second-order valence-electron chi connectivity index (χ2n) is 8.24. The normalized spacial score (nSPS) is 14.9. The highest BCUT2D eigenvalue weighted by atomic mass is 16.5. The second-order valence-corrected chi connectivity index (χ2v) is 8.24. The summed E-state index contributed by atoms with van der Waals surface area (Å²) in [4.78, 5) is 15.3. The molecule has 1 saturated heterocycles. The molecular weight excluding hydrogens is 434 g/mol. The zero-order valence-electron chi connectivity index (χ0n) is 19.9. The Kier molecular flexibility index (Phi) is 7.69. The van der Waals surface area contributed by atoms with Gasteiger partial charge in [0.15, 0.2) is 23.0 Å². The fourth-order valence-electron chi connectivity index (χ4n) is 4.30. The van der Waals surface area contributed by atoms with E-state index in [9.17, 15) is 4.79 Å². The quantitative estimate of drug-likeness (QED) is 0.504. The largest absolute Gasteiger partial charge is 0.497 e. The molecule has 1 unspecified atom stereocenters. The molecule has 1 aliphatic rings. The van der Waals surface area contributed by atoms with E-state index in [1.807, 2.05) is 42.5 Å². The van der Waals surface area contributed by atoms with E-state index in [1.54, 1.807) is 27.4 Å². The van der Waals surface area contributed by atoms with Crippen molar-refractivity contribution in [1.29, 1.82) is 0 Å². The number of piperidine rings is 1. The van der Waals surface area contributed by atoms with Gasteiger partial charge in [-0.2, -0.15) is 0 Å². The first-order valence-corrected chi connectivity index (χ1v) is 11.5. The number of carbonyl (C=O) groups is 1. The van der Waals surface area contributed by atoms with Gasteiger partial charge in [0.25, 0.3) is 5.91 Å². The smallest absolute Gasteiger partial charge is 0.273 e. The van der Waals surface area contributed by atoms with Crippen LogP contribution in [-0.2, 0) is 0 Å². The van der Waals surface area contributed by atoms with E-state index in [2.05, 4.69) is 15.4 Å². The summed E-state index contributed by atoms with van der Waals surface area (Å²) in [6, 6.07) is 15.0. The lowest BCUT2D eigenvalue weighted by atomic mass is 10.0. The third-order valence-corrected chi connectivity index (χ3v) is 6.20. The Morgan fingerprint density at radius 3 is 2.38 bits per heavy atom. The van der Waals surface area contributed by atoms with Crippen LogP contribution in [0.5, 0.6) is 17.2 Å². The van der Waals surface area contributed by atoms with Gasteiger partial charge in [-0.25, -0.2) is 0 Å². The molecule has 1 fully saturated rings. The van der Waals surface area contributed by atoms with E-state index in [0.717, 1.165) is 42.8 Å². The number of hydrogen-bond donors (Lipinski definition) is 1. The molecule has 0 radical (unpaired) electrons. The summed E-state index contributed by atoms with van der Waals surface area (Å²) in [6.07, 6.45) is 3.52. The number of likely N-dealkylation sites (tertiary alicyclic amines) is 1. The Morgan fingerprint density at radius 1 is 0.971 bits per heavy atom. The summed E-state index contributed by atoms with van der Waals surface area (Å²) in [5.74, 6) is 2.36. The predicted molar refractivity (Wildman–Crippen MR) is 129 cm³/mol. The molecular formula is C26H31N3O5. The van der Waals surface area contributed by atoms with E-state index in [-0.39, 0.29) is 17.6 Å². The molecule has 3 aromatic rings. The number of aromatic nitrogens is 1. The van der Waals surface area contributed by atoms with Gasteiger partial charge < -0.3 is 24.1 Å². The zero-order chi connectivity index (χ0) is 23.9. The first-order valence-electron chi connectivity index (χ1n) is 11.5. The molecule has 1 aliphatic heterocycles. The molecule has 4 rings (SSSR count). The Morgan fingerprint density at radius 2 is 1.71 bits per heavy atom. The topological polar surface area (TPSA) is 86.1 Å². The van der Waals surface area contributed by atoms with Gasteiger partial charge in [-0.05, 0) is 67.9 Å². The molecule has 1 aromatic heterocycles. The lowest BCUT2D eigenvalue weighted by Crippen LogP contribution is -2.40. The van der Waals surface area contributed by atoms with Crippen LogP contribution in [0.4, 0.5) is 0 Å². The van der Waals surface area contributed by atoms with Crippen LogP contribution in [0, 0.1) is 0 Å². The molecule has 0 aliphatic carbocycles. The van der Waals surface area contributed by atoms with Crippen molar-refractivity contribution in [1.82, 2.24) is 15.4 Å². The van der Waals surface area contributed by atoms with Crippen LogP contribution in [0.3, 0.4) is 0 Å². The fraction of sp³-hybridized carbons (Fsp3) is 0.385. The predicted octanol–water partition coefficient (Wildman–Crippen LogP) is 4.32. The number of rotatable bonds is 9. The highest BCUT2D eigenvalue weighted by Gasteiger charge is 2.25. The van der Waals surface area contributed by atoms with E-state index in [1.165, 1.54) is 6.42 Å². The van der Waals surface area contributed by atoms with Crippen LogP contribution < -0.4 is 19.5 Å². The van der Waals surface area contributed by atoms with Crippen molar-refractivity contribution in [2.75, 3.05) is 41.0 Å². The van der Waals surface area contributed by atoms with Crippen LogP contribution in [-0.4, -0.2) is 56.9 Å². The number of carbonyl (C=O) groups excluding carboxylic acids is 1. The van der Waals surface area contributed by atoms with Gasteiger partial charge in [0.2, 0.25) is 0 Å². The van der Waals surface area contributed by atoms with Gasteiger partial charge >= 0.3 is 0 Å². The SMILES string of the molecule is COc1ccc(-c2cc(C(=O)NCC(c3ccc(OC)c(OC)c3)N3CCCCC3)no2)cc1. The van der Waals surface area contributed by atoms with Crippen molar-refractivity contribution < 1.29 is 23.5 Å². The minimum absolute atomic E-state index is 0.0111. The maximum Gasteiger partial charge on any atom is 0.273 e. The minimum atomic E-state index is -0.272. The summed E-state index contributed by atoms with van der Waals surface area (Å²) in [7, 11) is 4.87. The third kappa shape index (κ3) is 5.34. The lowest BCUT2D eigenvalue weighted by molar-refractivity contribution is 0.0915.